The molecule has 0 aliphatic rings. The largest absolute Gasteiger partial charge is 0.478 e. The molecule has 0 aliphatic heterocycles. The highest BCUT2D eigenvalue weighted by molar-refractivity contribution is 5.48. The highest BCUT2D eigenvalue weighted by Crippen LogP contribution is 2.28. The van der Waals surface area contributed by atoms with Crippen molar-refractivity contribution in [2.45, 2.75) is 26.5 Å². The maximum absolute atomic E-state index is 11.0. The molecule has 0 fully saturated rings. The van der Waals surface area contributed by atoms with Gasteiger partial charge in [-0.3, -0.25) is 10.1 Å². The van der Waals surface area contributed by atoms with Crippen LogP contribution in [-0.4, -0.2) is 22.1 Å². The molecule has 0 saturated carbocycles. The minimum atomic E-state index is -0.480. The number of rotatable bonds is 7. The smallest absolute Gasteiger partial charge is 0.310 e. The summed E-state index contributed by atoms with van der Waals surface area (Å²) in [5.41, 5.74) is 0.800. The van der Waals surface area contributed by atoms with Gasteiger partial charge in [0.1, 0.15) is 0 Å². The third-order valence-electron chi connectivity index (χ3n) is 2.77. The second kappa shape index (κ2) is 6.80. The zero-order valence-corrected chi connectivity index (χ0v) is 11.8. The normalized spacial score (nSPS) is 10.6. The fraction of sp³-hybridized carbons (Fsp3) is 0.385. The van der Waals surface area contributed by atoms with Crippen LogP contribution in [0.4, 0.5) is 5.69 Å². The number of hydrogen-bond donors (Lipinski definition) is 1. The molecule has 0 unspecified atom stereocenters. The molecule has 0 radical (unpaired) electrons. The lowest BCUT2D eigenvalue weighted by atomic mass is 10.2. The van der Waals surface area contributed by atoms with Gasteiger partial charge in [-0.15, -0.1) is 0 Å². The molecule has 0 spiro atoms. The lowest BCUT2D eigenvalue weighted by Gasteiger charge is -2.07. The zero-order valence-electron chi connectivity index (χ0n) is 11.8. The zero-order chi connectivity index (χ0) is 15.2. The van der Waals surface area contributed by atoms with Crippen LogP contribution in [0.25, 0.3) is 0 Å². The summed E-state index contributed by atoms with van der Waals surface area (Å²) in [6.07, 6.45) is 0.630. The van der Waals surface area contributed by atoms with Gasteiger partial charge in [-0.2, -0.15) is 4.98 Å². The van der Waals surface area contributed by atoms with Gasteiger partial charge in [0, 0.05) is 19.0 Å². The van der Waals surface area contributed by atoms with Crippen molar-refractivity contribution >= 4 is 5.69 Å². The summed E-state index contributed by atoms with van der Waals surface area (Å²) in [5, 5.41) is 17.7. The Bertz CT molecular complexity index is 626. The van der Waals surface area contributed by atoms with Gasteiger partial charge >= 0.3 is 5.69 Å². The van der Waals surface area contributed by atoms with E-state index in [1.54, 1.807) is 19.2 Å². The van der Waals surface area contributed by atoms with Crippen molar-refractivity contribution in [3.8, 4) is 5.75 Å². The number of benzene rings is 1. The molecule has 0 amide bonds. The molecule has 8 heteroatoms. The Balaban J connectivity index is 2.16. The molecular formula is C13H16N4O4. The fourth-order valence-electron chi connectivity index (χ4n) is 1.77. The lowest BCUT2D eigenvalue weighted by molar-refractivity contribution is -0.386. The second-order valence-corrected chi connectivity index (χ2v) is 4.34. The first-order valence-electron chi connectivity index (χ1n) is 6.50. The van der Waals surface area contributed by atoms with Gasteiger partial charge in [0.25, 0.3) is 0 Å². The van der Waals surface area contributed by atoms with Crippen LogP contribution in [0.1, 0.15) is 24.2 Å². The summed E-state index contributed by atoms with van der Waals surface area (Å²) in [6.45, 7) is 2.51. The van der Waals surface area contributed by atoms with Crippen molar-refractivity contribution in [1.29, 1.82) is 0 Å². The monoisotopic (exact) mass is 292 g/mol. The Hall–Kier alpha value is -2.48. The van der Waals surface area contributed by atoms with Crippen molar-refractivity contribution in [1.82, 2.24) is 15.5 Å². The highest BCUT2D eigenvalue weighted by atomic mass is 16.6. The van der Waals surface area contributed by atoms with Crippen molar-refractivity contribution < 1.29 is 14.2 Å². The third kappa shape index (κ3) is 3.76. The maximum Gasteiger partial charge on any atom is 0.310 e. The van der Waals surface area contributed by atoms with Crippen molar-refractivity contribution in [2.75, 3.05) is 7.05 Å². The van der Waals surface area contributed by atoms with Crippen molar-refractivity contribution in [2.24, 2.45) is 0 Å². The van der Waals surface area contributed by atoms with E-state index in [1.807, 2.05) is 6.92 Å². The molecule has 8 nitrogen and oxygen atoms in total. The molecule has 1 heterocycles. The summed E-state index contributed by atoms with van der Waals surface area (Å²) in [7, 11) is 1.80. The van der Waals surface area contributed by atoms with Crippen LogP contribution in [0.5, 0.6) is 5.75 Å². The van der Waals surface area contributed by atoms with Gasteiger partial charge in [0.05, 0.1) is 4.92 Å². The van der Waals surface area contributed by atoms with Crippen LogP contribution in [-0.2, 0) is 19.6 Å². The first-order valence-corrected chi connectivity index (χ1v) is 6.50. The topological polar surface area (TPSA) is 103 Å². The van der Waals surface area contributed by atoms with Crippen molar-refractivity contribution in [3.05, 3.63) is 45.6 Å². The lowest BCUT2D eigenvalue weighted by Crippen LogP contribution is -2.06. The van der Waals surface area contributed by atoms with Crippen LogP contribution < -0.4 is 10.1 Å². The Morgan fingerprint density at radius 3 is 2.90 bits per heavy atom. The predicted octanol–water partition coefficient (Wildman–Crippen LogP) is 1.84. The van der Waals surface area contributed by atoms with Gasteiger partial charge < -0.3 is 14.6 Å². The number of aromatic nitrogens is 2. The molecule has 0 aliphatic carbocycles. The van der Waals surface area contributed by atoms with Crippen LogP contribution in [0.3, 0.4) is 0 Å². The van der Waals surface area contributed by atoms with Crippen LogP contribution >= 0.6 is 0 Å². The molecule has 112 valence electrons. The van der Waals surface area contributed by atoms with E-state index in [9.17, 15) is 10.1 Å². The molecule has 1 N–H and O–H groups in total. The Kier molecular flexibility index (Phi) is 4.83. The van der Waals surface area contributed by atoms with E-state index in [2.05, 4.69) is 15.5 Å². The highest BCUT2D eigenvalue weighted by Gasteiger charge is 2.16. The van der Waals surface area contributed by atoms with Gasteiger partial charge in [-0.1, -0.05) is 18.1 Å². The minimum Gasteiger partial charge on any atom is -0.478 e. The van der Waals surface area contributed by atoms with Crippen molar-refractivity contribution in [3.63, 3.8) is 0 Å². The average molecular weight is 292 g/mol. The average Bonchev–Trinajstić information content (AvgIpc) is 2.93. The second-order valence-electron chi connectivity index (χ2n) is 4.34. The van der Waals surface area contributed by atoms with E-state index in [-0.39, 0.29) is 18.0 Å². The molecule has 0 bridgehead atoms. The van der Waals surface area contributed by atoms with Gasteiger partial charge in [0.15, 0.2) is 12.4 Å². The summed E-state index contributed by atoms with van der Waals surface area (Å²) in [5.74, 6) is 1.06. The number of nitrogens with one attached hydrogen (secondary N) is 1. The van der Waals surface area contributed by atoms with E-state index < -0.39 is 4.92 Å². The first kappa shape index (κ1) is 14.9. The van der Waals surface area contributed by atoms with E-state index in [0.29, 0.717) is 24.7 Å². The molecule has 1 aromatic heterocycles. The van der Waals surface area contributed by atoms with Gasteiger partial charge in [0.2, 0.25) is 11.7 Å². The summed E-state index contributed by atoms with van der Waals surface area (Å²) in [6, 6.07) is 4.75. The number of aryl methyl sites for hydroxylation is 1. The molecule has 21 heavy (non-hydrogen) atoms. The molecule has 2 rings (SSSR count). The van der Waals surface area contributed by atoms with Crippen LogP contribution in [0.15, 0.2) is 22.7 Å². The molecule has 0 atom stereocenters. The summed E-state index contributed by atoms with van der Waals surface area (Å²) < 4.78 is 10.4. The maximum atomic E-state index is 11.0. The predicted molar refractivity (Wildman–Crippen MR) is 73.9 cm³/mol. The van der Waals surface area contributed by atoms with E-state index >= 15 is 0 Å². The summed E-state index contributed by atoms with van der Waals surface area (Å²) >= 11 is 0. The first-order chi connectivity index (χ1) is 10.1. The van der Waals surface area contributed by atoms with Gasteiger partial charge in [-0.25, -0.2) is 0 Å². The quantitative estimate of drug-likeness (QED) is 0.613. The Labute approximate surface area is 121 Å². The van der Waals surface area contributed by atoms with Crippen LogP contribution in [0.2, 0.25) is 0 Å². The number of nitro benzene ring substituents is 1. The molecule has 0 saturated heterocycles. The van der Waals surface area contributed by atoms with Gasteiger partial charge in [-0.05, 0) is 18.7 Å². The summed E-state index contributed by atoms with van der Waals surface area (Å²) in [4.78, 5) is 14.6. The van der Waals surface area contributed by atoms with E-state index in [0.717, 1.165) is 5.56 Å². The van der Waals surface area contributed by atoms with E-state index in [4.69, 9.17) is 9.26 Å². The number of ether oxygens (including phenoxy) is 1. The van der Waals surface area contributed by atoms with Crippen LogP contribution in [0, 0.1) is 10.1 Å². The standard InChI is InChI=1S/C13H16N4O4/c1-3-13-15-12(16-21-13)8-20-11-6-9(7-14-2)4-5-10(11)17(18)19/h4-6,14H,3,7-8H2,1-2H3. The Morgan fingerprint density at radius 2 is 2.29 bits per heavy atom. The molecule has 1 aromatic carbocycles. The molecule has 2 aromatic rings. The minimum absolute atomic E-state index is 0.0212. The molecular weight excluding hydrogens is 276 g/mol. The number of hydrogen-bond acceptors (Lipinski definition) is 7. The van der Waals surface area contributed by atoms with E-state index in [1.165, 1.54) is 6.07 Å². The SMILES string of the molecule is CCc1nc(COc2cc(CNC)ccc2[N+](=O)[O-])no1. The fourth-order valence-corrected chi connectivity index (χ4v) is 1.77. The number of nitro groups is 1. The third-order valence-corrected chi connectivity index (χ3v) is 2.77. The Morgan fingerprint density at radius 1 is 1.48 bits per heavy atom. The number of nitrogens with zero attached hydrogens (tertiary/aromatic N) is 3.